The fraction of sp³-hybridized carbons (Fsp3) is 0.455. The monoisotopic (exact) mass is 514 g/mol. The molecule has 0 aliphatic heterocycles. The first kappa shape index (κ1) is 27.8. The summed E-state index contributed by atoms with van der Waals surface area (Å²) in [6, 6.07) is 8.22. The number of phenolic OH excluding ortho intramolecular Hbond substituents is 1. The van der Waals surface area contributed by atoms with Crippen LogP contribution < -0.4 is 10.6 Å². The summed E-state index contributed by atoms with van der Waals surface area (Å²) in [4.78, 5) is 0. The van der Waals surface area contributed by atoms with Crippen LogP contribution in [0.15, 0.2) is 30.3 Å². The maximum absolute atomic E-state index is 13.5. The van der Waals surface area contributed by atoms with Crippen LogP contribution in [0.25, 0.3) is 0 Å². The fourth-order valence-corrected chi connectivity index (χ4v) is 4.17. The van der Waals surface area contributed by atoms with E-state index < -0.39 is 28.8 Å². The molecule has 0 aromatic heterocycles. The van der Waals surface area contributed by atoms with Crippen LogP contribution in [0.5, 0.6) is 5.75 Å². The van der Waals surface area contributed by atoms with Crippen molar-refractivity contribution in [3.05, 3.63) is 52.6 Å². The second kappa shape index (κ2) is 10.6. The topological polar surface area (TPSA) is 20.2 Å². The van der Waals surface area contributed by atoms with Crippen LogP contribution in [0.2, 0.25) is 0 Å². The Morgan fingerprint density at radius 2 is 1.37 bits per heavy atom. The molecule has 1 N–H and O–H groups in total. The summed E-state index contributed by atoms with van der Waals surface area (Å²) in [5.74, 6) is 0.0996. The summed E-state index contributed by atoms with van der Waals surface area (Å²) in [6.45, 7) is 13.8. The first-order chi connectivity index (χ1) is 13.5. The molecule has 166 valence electrons. The van der Waals surface area contributed by atoms with Gasteiger partial charge in [-0.2, -0.15) is 13.2 Å². The third-order valence-electron chi connectivity index (χ3n) is 4.53. The molecule has 0 saturated carbocycles. The molecule has 2 rings (SSSR count). The summed E-state index contributed by atoms with van der Waals surface area (Å²) < 4.78 is 40.5. The Morgan fingerprint density at radius 1 is 0.833 bits per heavy atom. The van der Waals surface area contributed by atoms with E-state index in [9.17, 15) is 18.3 Å². The van der Waals surface area contributed by atoms with Crippen molar-refractivity contribution in [1.82, 2.24) is 0 Å². The van der Waals surface area contributed by atoms with E-state index in [-0.39, 0.29) is 30.5 Å². The van der Waals surface area contributed by atoms with Gasteiger partial charge in [-0.15, -0.1) is 0 Å². The van der Waals surface area contributed by atoms with Gasteiger partial charge in [-0.05, 0) is 40.8 Å². The van der Waals surface area contributed by atoms with Gasteiger partial charge in [-0.25, -0.2) is 0 Å². The van der Waals surface area contributed by atoms with Gasteiger partial charge in [0.1, 0.15) is 5.75 Å². The zero-order chi connectivity index (χ0) is 23.5. The van der Waals surface area contributed by atoms with Crippen LogP contribution in [0.1, 0.15) is 63.8 Å². The van der Waals surface area contributed by atoms with Crippen molar-refractivity contribution in [1.29, 1.82) is 0 Å². The Balaban J connectivity index is 0.00000141. The standard InChI is InChI=1S/C22H28F3OP.2ClH.Ti/c1-13-8-9-17(15(10-13)22(23,24)25)27-18-12-14(20(2,3)4)11-16(19(18)26)21(5,6)7;;;/h8-12,26-27H,1-7H3;2*1H;/q;;;+2/p-2. The van der Waals surface area contributed by atoms with E-state index in [2.05, 4.69) is 20.8 Å². The summed E-state index contributed by atoms with van der Waals surface area (Å²) in [5.41, 5.74) is 1.22. The van der Waals surface area contributed by atoms with E-state index in [4.69, 9.17) is 18.6 Å². The Bertz CT molecular complexity index is 872. The Morgan fingerprint density at radius 3 is 1.80 bits per heavy atom. The summed E-state index contributed by atoms with van der Waals surface area (Å²) in [5, 5.41) is 11.6. The van der Waals surface area contributed by atoms with Crippen molar-refractivity contribution in [2.45, 2.75) is 65.5 Å². The van der Waals surface area contributed by atoms with Gasteiger partial charge >= 0.3 is 41.8 Å². The van der Waals surface area contributed by atoms with Crippen molar-refractivity contribution in [2.75, 3.05) is 0 Å². The molecule has 2 aromatic rings. The van der Waals surface area contributed by atoms with Crippen LogP contribution in [0.4, 0.5) is 13.2 Å². The number of alkyl halides is 3. The molecule has 0 fully saturated rings. The van der Waals surface area contributed by atoms with Gasteiger partial charge in [0.15, 0.2) is 0 Å². The molecule has 0 radical (unpaired) electrons. The van der Waals surface area contributed by atoms with Gasteiger partial charge in [0, 0.05) is 10.9 Å². The van der Waals surface area contributed by atoms with Crippen molar-refractivity contribution in [3.63, 3.8) is 0 Å². The Hall–Kier alpha value is -0.246. The van der Waals surface area contributed by atoms with E-state index >= 15 is 0 Å². The van der Waals surface area contributed by atoms with E-state index in [1.54, 1.807) is 13.0 Å². The molecule has 2 aromatic carbocycles. The minimum absolute atomic E-state index is 0.0996. The normalized spacial score (nSPS) is 12.7. The van der Waals surface area contributed by atoms with E-state index in [1.807, 2.05) is 32.9 Å². The SMILES string of the molecule is Cc1ccc(Pc2cc(C(C)(C)C)cc(C(C)(C)C)c2O)c(C(F)(F)F)c1.[Cl][Ti][Cl]. The molecule has 0 amide bonds. The third kappa shape index (κ3) is 7.71. The van der Waals surface area contributed by atoms with E-state index in [0.717, 1.165) is 11.1 Å². The van der Waals surface area contributed by atoms with Crippen LogP contribution >= 0.6 is 27.2 Å². The predicted octanol–water partition coefficient (Wildman–Crippen LogP) is 7.32. The number of hydrogen-bond acceptors (Lipinski definition) is 1. The molecule has 1 atom stereocenters. The van der Waals surface area contributed by atoms with Crippen LogP contribution in [-0.2, 0) is 34.0 Å². The van der Waals surface area contributed by atoms with Crippen LogP contribution in [-0.4, -0.2) is 5.11 Å². The summed E-state index contributed by atoms with van der Waals surface area (Å²) >= 11 is -0.556. The van der Waals surface area contributed by atoms with Crippen LogP contribution in [0, 0.1) is 6.92 Å². The molecule has 8 heteroatoms. The number of hydrogen-bond donors (Lipinski definition) is 1. The molecule has 30 heavy (non-hydrogen) atoms. The van der Waals surface area contributed by atoms with Gasteiger partial charge in [-0.1, -0.05) is 73.9 Å². The number of benzene rings is 2. The molecule has 0 bridgehead atoms. The van der Waals surface area contributed by atoms with Gasteiger partial charge in [0.2, 0.25) is 0 Å². The van der Waals surface area contributed by atoms with E-state index in [1.165, 1.54) is 12.1 Å². The first-order valence-electron chi connectivity index (χ1n) is 9.31. The Labute approximate surface area is 196 Å². The van der Waals surface area contributed by atoms with Gasteiger partial charge < -0.3 is 5.11 Å². The molecule has 1 nitrogen and oxygen atoms in total. The van der Waals surface area contributed by atoms with Gasteiger partial charge in [0.05, 0.1) is 5.56 Å². The average molecular weight is 515 g/mol. The van der Waals surface area contributed by atoms with Gasteiger partial charge in [0.25, 0.3) is 0 Å². The molecule has 0 spiro atoms. The average Bonchev–Trinajstić information content (AvgIpc) is 2.55. The van der Waals surface area contributed by atoms with Crippen LogP contribution in [0.3, 0.4) is 0 Å². The van der Waals surface area contributed by atoms with Crippen molar-refractivity contribution < 1.29 is 35.3 Å². The summed E-state index contributed by atoms with van der Waals surface area (Å²) in [7, 11) is 9.50. The number of phenols is 1. The second-order valence-electron chi connectivity index (χ2n) is 9.16. The molecular formula is C22H28Cl2F3OPTi. The molecule has 1 unspecified atom stereocenters. The van der Waals surface area contributed by atoms with Crippen molar-refractivity contribution in [2.24, 2.45) is 0 Å². The maximum atomic E-state index is 13.5. The number of aryl methyl sites for hydroxylation is 1. The first-order valence-corrected chi connectivity index (χ1v) is 14.6. The fourth-order valence-electron chi connectivity index (χ4n) is 2.88. The number of rotatable bonds is 2. The van der Waals surface area contributed by atoms with Crippen molar-refractivity contribution >= 4 is 37.8 Å². The third-order valence-corrected chi connectivity index (χ3v) is 5.89. The summed E-state index contributed by atoms with van der Waals surface area (Å²) in [6.07, 6.45) is -4.42. The Kier molecular flexibility index (Phi) is 9.80. The number of halogens is 5. The molecule has 0 heterocycles. The molecule has 0 saturated heterocycles. The zero-order valence-electron chi connectivity index (χ0n) is 18.2. The zero-order valence-corrected chi connectivity index (χ0v) is 22.3. The quantitative estimate of drug-likeness (QED) is 0.329. The van der Waals surface area contributed by atoms with Gasteiger partial charge in [-0.3, -0.25) is 0 Å². The van der Waals surface area contributed by atoms with E-state index in [0.29, 0.717) is 10.9 Å². The molecule has 0 aliphatic carbocycles. The molecule has 0 aliphatic rings. The predicted molar refractivity (Wildman–Crippen MR) is 121 cm³/mol. The minimum atomic E-state index is -4.42. The number of aromatic hydroxyl groups is 1. The molecular weight excluding hydrogens is 487 g/mol. The van der Waals surface area contributed by atoms with Crippen molar-refractivity contribution in [3.8, 4) is 5.75 Å². The second-order valence-corrected chi connectivity index (χ2v) is 13.1.